The number of hydrogen-bond acceptors (Lipinski definition) is 5. The molecule has 0 saturated carbocycles. The summed E-state index contributed by atoms with van der Waals surface area (Å²) in [7, 11) is -2.79. The minimum atomic E-state index is -4.98. The molecule has 11 heteroatoms. The Hall–Kier alpha value is -1.69. The number of alkyl halides is 3. The highest BCUT2D eigenvalue weighted by molar-refractivity contribution is 7.89. The van der Waals surface area contributed by atoms with E-state index in [9.17, 15) is 31.5 Å². The summed E-state index contributed by atoms with van der Waals surface area (Å²) in [6.07, 6.45) is -6.05. The van der Waals surface area contributed by atoms with Gasteiger partial charge in [-0.3, -0.25) is 4.79 Å². The van der Waals surface area contributed by atoms with Crippen LogP contribution < -0.4 is 0 Å². The maximum Gasteiger partial charge on any atom is 0.471 e. The van der Waals surface area contributed by atoms with E-state index in [2.05, 4.69) is 0 Å². The first-order valence-electron chi connectivity index (χ1n) is 7.70. The number of aliphatic hydroxyl groups is 2. The van der Waals surface area contributed by atoms with Crippen molar-refractivity contribution >= 4 is 15.9 Å². The molecule has 0 aromatic heterocycles. The largest absolute Gasteiger partial charge is 0.471 e. The number of likely N-dealkylation sites (N-methyl/N-ethyl adjacent to an activating group) is 1. The van der Waals surface area contributed by atoms with Crippen molar-refractivity contribution in [2.24, 2.45) is 0 Å². The normalized spacial score (nSPS) is 16.5. The first kappa shape index (κ1) is 20.6. The minimum Gasteiger partial charge on any atom is -0.394 e. The Kier molecular flexibility index (Phi) is 5.95. The average Bonchev–Trinajstić information content (AvgIpc) is 2.58. The zero-order valence-corrected chi connectivity index (χ0v) is 14.7. The summed E-state index contributed by atoms with van der Waals surface area (Å²) in [4.78, 5) is 11.9. The Labute approximate surface area is 148 Å². The summed E-state index contributed by atoms with van der Waals surface area (Å²) in [6, 6.07) is 4.08. The summed E-state index contributed by atoms with van der Waals surface area (Å²) in [5.41, 5.74) is 0.999. The van der Waals surface area contributed by atoms with Gasteiger partial charge in [-0.25, -0.2) is 8.42 Å². The Bertz CT molecular complexity index is 782. The summed E-state index contributed by atoms with van der Waals surface area (Å²) in [6.45, 7) is -1.38. The van der Waals surface area contributed by atoms with Gasteiger partial charge in [0.25, 0.3) is 0 Å². The van der Waals surface area contributed by atoms with Gasteiger partial charge in [0.2, 0.25) is 10.0 Å². The molecule has 0 saturated heterocycles. The molecule has 1 aromatic carbocycles. The molecule has 1 aliphatic rings. The predicted octanol–water partition coefficient (Wildman–Crippen LogP) is 0.107. The van der Waals surface area contributed by atoms with Crippen LogP contribution in [0, 0.1) is 0 Å². The van der Waals surface area contributed by atoms with Gasteiger partial charge in [-0.15, -0.1) is 0 Å². The van der Waals surface area contributed by atoms with Gasteiger partial charge in [-0.05, 0) is 29.7 Å². The van der Waals surface area contributed by atoms with Gasteiger partial charge in [0, 0.05) is 26.7 Å². The molecule has 1 heterocycles. The summed E-state index contributed by atoms with van der Waals surface area (Å²) >= 11 is 0. The Morgan fingerprint density at radius 2 is 2.00 bits per heavy atom. The van der Waals surface area contributed by atoms with Crippen LogP contribution in [-0.2, 0) is 27.8 Å². The monoisotopic (exact) mass is 396 g/mol. The molecule has 0 bridgehead atoms. The van der Waals surface area contributed by atoms with Crippen molar-refractivity contribution in [1.29, 1.82) is 0 Å². The second-order valence-corrected chi connectivity index (χ2v) is 8.07. The highest BCUT2D eigenvalue weighted by Crippen LogP contribution is 2.27. The Morgan fingerprint density at radius 3 is 2.58 bits per heavy atom. The van der Waals surface area contributed by atoms with Crippen LogP contribution in [0.4, 0.5) is 13.2 Å². The minimum absolute atomic E-state index is 0.0972. The second kappa shape index (κ2) is 7.51. The quantitative estimate of drug-likeness (QED) is 0.736. The molecule has 146 valence electrons. The van der Waals surface area contributed by atoms with E-state index in [1.54, 1.807) is 0 Å². The number of benzene rings is 1. The molecular weight excluding hydrogens is 377 g/mol. The molecule has 1 amide bonds. The molecule has 2 rings (SSSR count). The predicted molar refractivity (Wildman–Crippen MR) is 84.5 cm³/mol. The zero-order chi connectivity index (χ0) is 19.7. The lowest BCUT2D eigenvalue weighted by molar-refractivity contribution is -0.186. The van der Waals surface area contributed by atoms with Crippen molar-refractivity contribution in [1.82, 2.24) is 9.21 Å². The number of fused-ring (bicyclic) bond motifs is 1. The van der Waals surface area contributed by atoms with Crippen LogP contribution in [0.2, 0.25) is 0 Å². The third-order valence-electron chi connectivity index (χ3n) is 4.11. The van der Waals surface area contributed by atoms with Crippen molar-refractivity contribution in [3.8, 4) is 0 Å². The van der Waals surface area contributed by atoms with Crippen molar-refractivity contribution in [2.75, 3.05) is 26.7 Å². The number of halogens is 3. The molecule has 1 atom stereocenters. The fourth-order valence-corrected chi connectivity index (χ4v) is 3.94. The van der Waals surface area contributed by atoms with Crippen molar-refractivity contribution in [3.05, 3.63) is 29.3 Å². The number of sulfonamides is 1. The topological polar surface area (TPSA) is 98.2 Å². The van der Waals surface area contributed by atoms with Crippen LogP contribution in [0.25, 0.3) is 0 Å². The molecule has 0 radical (unpaired) electrons. The van der Waals surface area contributed by atoms with E-state index < -0.39 is 34.8 Å². The molecule has 0 aliphatic carbocycles. The zero-order valence-electron chi connectivity index (χ0n) is 13.9. The van der Waals surface area contributed by atoms with Crippen LogP contribution >= 0.6 is 0 Å². The molecule has 26 heavy (non-hydrogen) atoms. The third-order valence-corrected chi connectivity index (χ3v) is 5.93. The molecule has 2 N–H and O–H groups in total. The number of amides is 1. The lowest BCUT2D eigenvalue weighted by Gasteiger charge is -2.30. The van der Waals surface area contributed by atoms with E-state index in [-0.39, 0.29) is 31.0 Å². The molecule has 0 fully saturated rings. The molecule has 1 unspecified atom stereocenters. The van der Waals surface area contributed by atoms with Gasteiger partial charge in [0.15, 0.2) is 0 Å². The lowest BCUT2D eigenvalue weighted by atomic mass is 10.00. The Balaban J connectivity index is 2.27. The van der Waals surface area contributed by atoms with Crippen molar-refractivity contribution in [2.45, 2.75) is 30.1 Å². The first-order valence-corrected chi connectivity index (χ1v) is 9.14. The summed E-state index contributed by atoms with van der Waals surface area (Å²) in [5, 5.41) is 18.2. The van der Waals surface area contributed by atoms with Crippen molar-refractivity contribution in [3.63, 3.8) is 0 Å². The standard InChI is InChI=1S/C15H19F3N2O5S/c1-19(8-12(22)9-21)26(24,25)13-3-2-10-4-5-20(7-11(10)6-13)14(23)15(16,17)18/h2-3,6,12,21-22H,4-5,7-9H2,1H3. The van der Waals surface area contributed by atoms with E-state index in [0.29, 0.717) is 16.0 Å². The van der Waals surface area contributed by atoms with E-state index in [0.717, 1.165) is 4.31 Å². The van der Waals surface area contributed by atoms with Crippen LogP contribution in [0.3, 0.4) is 0 Å². The van der Waals surface area contributed by atoms with Crippen LogP contribution in [0.1, 0.15) is 11.1 Å². The number of rotatable bonds is 5. The SMILES string of the molecule is CN(CC(O)CO)S(=O)(=O)c1ccc2c(c1)CN(C(=O)C(F)(F)F)CC2. The highest BCUT2D eigenvalue weighted by atomic mass is 32.2. The van der Waals surface area contributed by atoms with Gasteiger partial charge in [0.1, 0.15) is 0 Å². The van der Waals surface area contributed by atoms with Gasteiger partial charge in [0.05, 0.1) is 17.6 Å². The smallest absolute Gasteiger partial charge is 0.394 e. The van der Waals surface area contributed by atoms with E-state index in [4.69, 9.17) is 5.11 Å². The number of carbonyl (C=O) groups is 1. The van der Waals surface area contributed by atoms with Gasteiger partial charge < -0.3 is 15.1 Å². The maximum absolute atomic E-state index is 12.6. The Morgan fingerprint density at radius 1 is 1.35 bits per heavy atom. The lowest BCUT2D eigenvalue weighted by Crippen LogP contribution is -2.43. The van der Waals surface area contributed by atoms with E-state index >= 15 is 0 Å². The first-order chi connectivity index (χ1) is 12.0. The number of carbonyl (C=O) groups excluding carboxylic acids is 1. The number of hydrogen-bond donors (Lipinski definition) is 2. The average molecular weight is 396 g/mol. The van der Waals surface area contributed by atoms with Gasteiger partial charge in [-0.2, -0.15) is 17.5 Å². The maximum atomic E-state index is 12.6. The molecule has 1 aromatic rings. The van der Waals surface area contributed by atoms with Gasteiger partial charge in [-0.1, -0.05) is 6.07 Å². The number of aliphatic hydroxyl groups excluding tert-OH is 2. The van der Waals surface area contributed by atoms with E-state index in [1.807, 2.05) is 0 Å². The van der Waals surface area contributed by atoms with E-state index in [1.165, 1.54) is 25.2 Å². The molecule has 1 aliphatic heterocycles. The third kappa shape index (κ3) is 4.34. The van der Waals surface area contributed by atoms with Crippen LogP contribution in [0.15, 0.2) is 23.1 Å². The summed E-state index contributed by atoms with van der Waals surface area (Å²) in [5.74, 6) is -1.96. The fraction of sp³-hybridized carbons (Fsp3) is 0.533. The van der Waals surface area contributed by atoms with Crippen molar-refractivity contribution < 1.29 is 36.6 Å². The second-order valence-electron chi connectivity index (χ2n) is 6.03. The number of nitrogens with zero attached hydrogens (tertiary/aromatic N) is 2. The highest BCUT2D eigenvalue weighted by Gasteiger charge is 2.43. The van der Waals surface area contributed by atoms with Gasteiger partial charge >= 0.3 is 12.1 Å². The molecule has 0 spiro atoms. The van der Waals surface area contributed by atoms with Crippen LogP contribution in [-0.4, -0.2) is 72.8 Å². The molecular formula is C15H19F3N2O5S. The fourth-order valence-electron chi connectivity index (χ4n) is 2.68. The van der Waals surface area contributed by atoms with Crippen LogP contribution in [0.5, 0.6) is 0 Å². The molecule has 7 nitrogen and oxygen atoms in total. The summed E-state index contributed by atoms with van der Waals surface area (Å²) < 4.78 is 63.7.